The Morgan fingerprint density at radius 3 is 2.80 bits per heavy atom. The van der Waals surface area contributed by atoms with Crippen molar-refractivity contribution in [3.63, 3.8) is 0 Å². The maximum atomic E-state index is 12.1. The summed E-state index contributed by atoms with van der Waals surface area (Å²) in [5, 5.41) is 3.98. The van der Waals surface area contributed by atoms with Crippen LogP contribution in [0.4, 0.5) is 0 Å². The van der Waals surface area contributed by atoms with E-state index in [4.69, 9.17) is 4.52 Å². The molecule has 2 aliphatic rings. The fraction of sp³-hybridized carbons (Fsp3) is 0.786. The molecule has 0 bridgehead atoms. The van der Waals surface area contributed by atoms with Crippen LogP contribution in [0.5, 0.6) is 0 Å². The molecule has 110 valence electrons. The van der Waals surface area contributed by atoms with Gasteiger partial charge in [-0.05, 0) is 31.6 Å². The van der Waals surface area contributed by atoms with Crippen LogP contribution >= 0.6 is 11.8 Å². The average Bonchev–Trinajstić information content (AvgIpc) is 3.20. The Morgan fingerprint density at radius 1 is 1.35 bits per heavy atom. The molecule has 1 aliphatic carbocycles. The zero-order chi connectivity index (χ0) is 13.9. The topological polar surface area (TPSA) is 59.2 Å². The number of carbonyl (C=O) groups is 1. The summed E-state index contributed by atoms with van der Waals surface area (Å²) in [5.74, 6) is 4.16. The summed E-state index contributed by atoms with van der Waals surface area (Å²) in [5.41, 5.74) is 0. The second-order valence-corrected chi connectivity index (χ2v) is 6.86. The third-order valence-corrected chi connectivity index (χ3v) is 4.92. The third-order valence-electron chi connectivity index (χ3n) is 4.01. The van der Waals surface area contributed by atoms with Gasteiger partial charge in [0, 0.05) is 19.0 Å². The molecule has 0 N–H and O–H groups in total. The van der Waals surface area contributed by atoms with Crippen molar-refractivity contribution in [3.05, 3.63) is 11.7 Å². The average molecular weight is 295 g/mol. The van der Waals surface area contributed by atoms with Gasteiger partial charge in [0.2, 0.25) is 11.8 Å². The molecule has 1 amide bonds. The number of aromatic nitrogens is 2. The largest absolute Gasteiger partial charge is 0.342 e. The molecule has 6 heteroatoms. The maximum absolute atomic E-state index is 12.1. The number of hydrogen-bond donors (Lipinski definition) is 0. The first-order valence-electron chi connectivity index (χ1n) is 7.40. The molecule has 0 radical (unpaired) electrons. The number of likely N-dealkylation sites (tertiary alicyclic amines) is 1. The lowest BCUT2D eigenvalue weighted by atomic mass is 9.99. The highest BCUT2D eigenvalue weighted by atomic mass is 32.2. The predicted molar refractivity (Wildman–Crippen MR) is 77.4 cm³/mol. The summed E-state index contributed by atoms with van der Waals surface area (Å²) in [7, 11) is 0. The summed E-state index contributed by atoms with van der Waals surface area (Å²) in [6, 6.07) is 0. The second-order valence-electron chi connectivity index (χ2n) is 5.88. The van der Waals surface area contributed by atoms with Gasteiger partial charge in [-0.1, -0.05) is 12.1 Å². The van der Waals surface area contributed by atoms with Crippen molar-refractivity contribution in [3.8, 4) is 0 Å². The van der Waals surface area contributed by atoms with Crippen molar-refractivity contribution in [2.45, 2.75) is 44.3 Å². The molecular formula is C14H21N3O2S. The van der Waals surface area contributed by atoms with Gasteiger partial charge in [0.15, 0.2) is 5.82 Å². The van der Waals surface area contributed by atoms with Crippen LogP contribution in [0, 0.1) is 5.92 Å². The fourth-order valence-electron chi connectivity index (χ4n) is 2.41. The van der Waals surface area contributed by atoms with Crippen molar-refractivity contribution in [1.82, 2.24) is 15.0 Å². The van der Waals surface area contributed by atoms with Crippen LogP contribution in [0.2, 0.25) is 0 Å². The molecule has 1 saturated carbocycles. The van der Waals surface area contributed by atoms with E-state index >= 15 is 0 Å². The van der Waals surface area contributed by atoms with Gasteiger partial charge < -0.3 is 9.42 Å². The summed E-state index contributed by atoms with van der Waals surface area (Å²) in [6.45, 7) is 4.07. The van der Waals surface area contributed by atoms with E-state index < -0.39 is 0 Å². The first kappa shape index (κ1) is 13.9. The van der Waals surface area contributed by atoms with Crippen LogP contribution < -0.4 is 0 Å². The summed E-state index contributed by atoms with van der Waals surface area (Å²) >= 11 is 1.57. The van der Waals surface area contributed by atoms with Crippen LogP contribution in [-0.2, 0) is 10.5 Å². The van der Waals surface area contributed by atoms with Gasteiger partial charge >= 0.3 is 0 Å². The van der Waals surface area contributed by atoms with Gasteiger partial charge in [-0.25, -0.2) is 0 Å². The highest BCUT2D eigenvalue weighted by Gasteiger charge is 2.28. The fourth-order valence-corrected chi connectivity index (χ4v) is 3.16. The molecule has 1 aliphatic heterocycles. The Kier molecular flexibility index (Phi) is 4.29. The molecule has 3 rings (SSSR count). The number of hydrogen-bond acceptors (Lipinski definition) is 5. The minimum Gasteiger partial charge on any atom is -0.342 e. The standard InChI is InChI=1S/C14H21N3O2S/c1-10-4-6-17(7-5-10)13(18)9-20-8-12-15-14(16-19-12)11-2-3-11/h10-11H,2-9H2,1H3. The molecule has 0 unspecified atom stereocenters. The van der Waals surface area contributed by atoms with Gasteiger partial charge in [0.25, 0.3) is 0 Å². The van der Waals surface area contributed by atoms with Crippen LogP contribution in [0.3, 0.4) is 0 Å². The van der Waals surface area contributed by atoms with E-state index in [9.17, 15) is 4.79 Å². The van der Waals surface area contributed by atoms with Gasteiger partial charge in [-0.3, -0.25) is 4.79 Å². The Bertz CT molecular complexity index is 465. The predicted octanol–water partition coefficient (Wildman–Crippen LogP) is 2.44. The Hall–Kier alpha value is -1.04. The molecule has 2 heterocycles. The summed E-state index contributed by atoms with van der Waals surface area (Å²) in [4.78, 5) is 18.4. The summed E-state index contributed by atoms with van der Waals surface area (Å²) < 4.78 is 5.20. The van der Waals surface area contributed by atoms with Crippen molar-refractivity contribution in [2.24, 2.45) is 5.92 Å². The molecule has 5 nitrogen and oxygen atoms in total. The zero-order valence-electron chi connectivity index (χ0n) is 11.9. The SMILES string of the molecule is CC1CCN(C(=O)CSCc2nc(C3CC3)no2)CC1. The van der Waals surface area contributed by atoms with Crippen LogP contribution in [0.15, 0.2) is 4.52 Å². The quantitative estimate of drug-likeness (QED) is 0.835. The van der Waals surface area contributed by atoms with E-state index in [1.807, 2.05) is 4.90 Å². The van der Waals surface area contributed by atoms with E-state index in [0.29, 0.717) is 23.3 Å². The van der Waals surface area contributed by atoms with E-state index in [0.717, 1.165) is 37.7 Å². The zero-order valence-corrected chi connectivity index (χ0v) is 12.7. The van der Waals surface area contributed by atoms with E-state index in [1.165, 1.54) is 12.8 Å². The first-order chi connectivity index (χ1) is 9.72. The molecule has 20 heavy (non-hydrogen) atoms. The lowest BCUT2D eigenvalue weighted by molar-refractivity contribution is -0.129. The number of nitrogens with zero attached hydrogens (tertiary/aromatic N) is 3. The van der Waals surface area contributed by atoms with Crippen molar-refractivity contribution in [1.29, 1.82) is 0 Å². The molecule has 0 atom stereocenters. The van der Waals surface area contributed by atoms with Crippen molar-refractivity contribution < 1.29 is 9.32 Å². The number of carbonyl (C=O) groups excluding carboxylic acids is 1. The van der Waals surface area contributed by atoms with Crippen molar-refractivity contribution >= 4 is 17.7 Å². The molecular weight excluding hydrogens is 274 g/mol. The monoisotopic (exact) mass is 295 g/mol. The number of amides is 1. The highest BCUT2D eigenvalue weighted by Crippen LogP contribution is 2.38. The molecule has 1 aromatic heterocycles. The molecule has 0 aromatic carbocycles. The van der Waals surface area contributed by atoms with Gasteiger partial charge in [-0.2, -0.15) is 4.98 Å². The van der Waals surface area contributed by atoms with Gasteiger partial charge in [0.1, 0.15) is 0 Å². The Balaban J connectivity index is 1.39. The third kappa shape index (κ3) is 3.53. The van der Waals surface area contributed by atoms with Crippen LogP contribution in [0.1, 0.15) is 50.2 Å². The number of thioether (sulfide) groups is 1. The molecule has 2 fully saturated rings. The number of rotatable bonds is 5. The smallest absolute Gasteiger partial charge is 0.236 e. The lowest BCUT2D eigenvalue weighted by Gasteiger charge is -2.30. The van der Waals surface area contributed by atoms with Crippen LogP contribution in [0.25, 0.3) is 0 Å². The molecule has 1 aromatic rings. The normalized spacial score (nSPS) is 20.4. The second kappa shape index (κ2) is 6.16. The minimum absolute atomic E-state index is 0.240. The van der Waals surface area contributed by atoms with E-state index in [-0.39, 0.29) is 5.91 Å². The first-order valence-corrected chi connectivity index (χ1v) is 8.56. The summed E-state index contributed by atoms with van der Waals surface area (Å²) in [6.07, 6.45) is 4.62. The highest BCUT2D eigenvalue weighted by molar-refractivity contribution is 7.99. The van der Waals surface area contributed by atoms with Gasteiger partial charge in [0.05, 0.1) is 11.5 Å². The van der Waals surface area contributed by atoms with Gasteiger partial charge in [-0.15, -0.1) is 11.8 Å². The lowest BCUT2D eigenvalue weighted by Crippen LogP contribution is -2.38. The minimum atomic E-state index is 0.240. The molecule has 0 spiro atoms. The van der Waals surface area contributed by atoms with Crippen molar-refractivity contribution in [2.75, 3.05) is 18.8 Å². The van der Waals surface area contributed by atoms with Crippen LogP contribution in [-0.4, -0.2) is 39.8 Å². The maximum Gasteiger partial charge on any atom is 0.236 e. The Morgan fingerprint density at radius 2 is 2.10 bits per heavy atom. The Labute approximate surface area is 123 Å². The van der Waals surface area contributed by atoms with E-state index in [1.54, 1.807) is 11.8 Å². The molecule has 1 saturated heterocycles. The van der Waals surface area contributed by atoms with E-state index in [2.05, 4.69) is 17.1 Å². The number of piperidine rings is 1.